The quantitative estimate of drug-likeness (QED) is 0.421. The maximum atomic E-state index is 13.6. The van der Waals surface area contributed by atoms with Gasteiger partial charge in [-0.05, 0) is 57.0 Å². The molecule has 212 valence electrons. The zero-order valence-corrected chi connectivity index (χ0v) is 23.2. The van der Waals surface area contributed by atoms with Gasteiger partial charge in [-0.15, -0.1) is 0 Å². The van der Waals surface area contributed by atoms with Crippen molar-refractivity contribution in [1.29, 1.82) is 0 Å². The standard InChI is InChI=1S/C27H31ClF3N3O4S/c1-17-8-10-20(11-9-17)32-24(35)15-39(38)16-25(36)34(18(2)26(37)33-19-6-4-3-5-7-19)21-12-13-23(28)22(14-21)27(29,30)31/h8-14,18-19H,3-7,15-16H2,1-2H3,(H,32,35)(H,33,37)/t18-,39-/m0/s1. The highest BCUT2D eigenvalue weighted by atomic mass is 35.5. The van der Waals surface area contributed by atoms with Gasteiger partial charge in [0.1, 0.15) is 17.5 Å². The molecule has 0 spiro atoms. The van der Waals surface area contributed by atoms with E-state index >= 15 is 0 Å². The molecule has 39 heavy (non-hydrogen) atoms. The van der Waals surface area contributed by atoms with Gasteiger partial charge in [0.05, 0.1) is 10.6 Å². The van der Waals surface area contributed by atoms with Crippen molar-refractivity contribution in [2.75, 3.05) is 21.7 Å². The van der Waals surface area contributed by atoms with Crippen molar-refractivity contribution in [3.8, 4) is 0 Å². The Labute approximate surface area is 232 Å². The van der Waals surface area contributed by atoms with E-state index in [4.69, 9.17) is 11.6 Å². The van der Waals surface area contributed by atoms with Crippen LogP contribution in [0.1, 0.15) is 50.2 Å². The number of hydrogen-bond acceptors (Lipinski definition) is 4. The van der Waals surface area contributed by atoms with Gasteiger partial charge in [0.25, 0.3) is 0 Å². The van der Waals surface area contributed by atoms with Gasteiger partial charge in [-0.3, -0.25) is 23.5 Å². The number of nitrogens with zero attached hydrogens (tertiary/aromatic N) is 1. The van der Waals surface area contributed by atoms with Crippen LogP contribution in [-0.2, 0) is 31.4 Å². The van der Waals surface area contributed by atoms with Gasteiger partial charge in [-0.2, -0.15) is 13.2 Å². The molecule has 2 atom stereocenters. The summed E-state index contributed by atoms with van der Waals surface area (Å²) < 4.78 is 53.4. The van der Waals surface area contributed by atoms with Crippen molar-refractivity contribution in [2.45, 2.75) is 64.2 Å². The monoisotopic (exact) mass is 585 g/mol. The lowest BCUT2D eigenvalue weighted by molar-refractivity contribution is -0.137. The number of anilines is 2. The Hall–Kier alpha value is -2.92. The Balaban J connectivity index is 1.79. The number of alkyl halides is 3. The topological polar surface area (TPSA) is 95.6 Å². The molecule has 0 unspecified atom stereocenters. The van der Waals surface area contributed by atoms with Gasteiger partial charge in [-0.25, -0.2) is 0 Å². The van der Waals surface area contributed by atoms with Crippen molar-refractivity contribution in [1.82, 2.24) is 5.32 Å². The van der Waals surface area contributed by atoms with Crippen molar-refractivity contribution in [3.05, 3.63) is 58.6 Å². The number of benzene rings is 2. The first-order valence-corrected chi connectivity index (χ1v) is 14.4. The number of carbonyl (C=O) groups is 3. The van der Waals surface area contributed by atoms with Crippen LogP contribution in [0.15, 0.2) is 42.5 Å². The minimum absolute atomic E-state index is 0.0961. The molecule has 0 bridgehead atoms. The van der Waals surface area contributed by atoms with Crippen LogP contribution >= 0.6 is 11.6 Å². The molecule has 1 aliphatic rings. The molecular formula is C27H31ClF3N3O4S. The van der Waals surface area contributed by atoms with Gasteiger partial charge < -0.3 is 10.6 Å². The average molecular weight is 586 g/mol. The molecule has 12 heteroatoms. The Kier molecular flexibility index (Phi) is 10.5. The number of aryl methyl sites for hydroxylation is 1. The number of rotatable bonds is 9. The van der Waals surface area contributed by atoms with Gasteiger partial charge >= 0.3 is 6.18 Å². The van der Waals surface area contributed by atoms with Gasteiger partial charge in [0.15, 0.2) is 0 Å². The van der Waals surface area contributed by atoms with Gasteiger partial charge in [0, 0.05) is 28.2 Å². The first-order chi connectivity index (χ1) is 18.3. The van der Waals surface area contributed by atoms with Crippen LogP contribution < -0.4 is 15.5 Å². The smallest absolute Gasteiger partial charge is 0.352 e. The summed E-state index contributed by atoms with van der Waals surface area (Å²) in [4.78, 5) is 39.6. The van der Waals surface area contributed by atoms with Crippen molar-refractivity contribution < 1.29 is 31.8 Å². The first-order valence-electron chi connectivity index (χ1n) is 12.6. The van der Waals surface area contributed by atoms with Crippen molar-refractivity contribution in [3.63, 3.8) is 0 Å². The van der Waals surface area contributed by atoms with Crippen LogP contribution in [0.25, 0.3) is 0 Å². The van der Waals surface area contributed by atoms with E-state index < -0.39 is 62.8 Å². The summed E-state index contributed by atoms with van der Waals surface area (Å²) in [6.45, 7) is 3.28. The molecular weight excluding hydrogens is 555 g/mol. The third kappa shape index (κ3) is 8.79. The lowest BCUT2D eigenvalue weighted by atomic mass is 9.95. The van der Waals surface area contributed by atoms with E-state index in [1.807, 2.05) is 6.92 Å². The van der Waals surface area contributed by atoms with Crippen LogP contribution in [0.2, 0.25) is 5.02 Å². The largest absolute Gasteiger partial charge is 0.417 e. The number of amides is 3. The van der Waals surface area contributed by atoms with E-state index in [0.717, 1.165) is 48.6 Å². The van der Waals surface area contributed by atoms with E-state index in [1.165, 1.54) is 13.0 Å². The van der Waals surface area contributed by atoms with Crippen molar-refractivity contribution >= 4 is 51.5 Å². The molecule has 0 aromatic heterocycles. The fourth-order valence-corrected chi connectivity index (χ4v) is 5.49. The van der Waals surface area contributed by atoms with Crippen LogP contribution in [0, 0.1) is 6.92 Å². The van der Waals surface area contributed by atoms with E-state index in [9.17, 15) is 31.8 Å². The maximum Gasteiger partial charge on any atom is 0.417 e. The Morgan fingerprint density at radius 2 is 1.69 bits per heavy atom. The summed E-state index contributed by atoms with van der Waals surface area (Å²) in [7, 11) is -2.00. The van der Waals surface area contributed by atoms with Crippen LogP contribution in [-0.4, -0.2) is 45.5 Å². The fourth-order valence-electron chi connectivity index (χ4n) is 4.39. The molecule has 2 N–H and O–H groups in total. The predicted octanol–water partition coefficient (Wildman–Crippen LogP) is 5.23. The molecule has 1 aliphatic carbocycles. The summed E-state index contributed by atoms with van der Waals surface area (Å²) in [6.07, 6.45) is -0.319. The van der Waals surface area contributed by atoms with Crippen LogP contribution in [0.5, 0.6) is 0 Å². The second-order valence-corrected chi connectivity index (χ2v) is 11.5. The van der Waals surface area contributed by atoms with Crippen molar-refractivity contribution in [2.24, 2.45) is 0 Å². The lowest BCUT2D eigenvalue weighted by Gasteiger charge is -2.31. The second kappa shape index (κ2) is 13.4. The lowest BCUT2D eigenvalue weighted by Crippen LogP contribution is -2.52. The summed E-state index contributed by atoms with van der Waals surface area (Å²) in [6, 6.07) is 8.51. The number of halogens is 4. The molecule has 0 aliphatic heterocycles. The normalized spacial score (nSPS) is 15.7. The number of hydrogen-bond donors (Lipinski definition) is 2. The predicted molar refractivity (Wildman–Crippen MR) is 146 cm³/mol. The molecule has 0 heterocycles. The van der Waals surface area contributed by atoms with E-state index in [1.54, 1.807) is 24.3 Å². The molecule has 2 aromatic rings. The van der Waals surface area contributed by atoms with E-state index in [2.05, 4.69) is 10.6 Å². The van der Waals surface area contributed by atoms with Crippen LogP contribution in [0.3, 0.4) is 0 Å². The zero-order valence-electron chi connectivity index (χ0n) is 21.6. The molecule has 7 nitrogen and oxygen atoms in total. The molecule has 1 saturated carbocycles. The molecule has 0 radical (unpaired) electrons. The minimum atomic E-state index is -4.80. The Morgan fingerprint density at radius 3 is 2.31 bits per heavy atom. The minimum Gasteiger partial charge on any atom is -0.352 e. The molecule has 2 aromatic carbocycles. The average Bonchev–Trinajstić information content (AvgIpc) is 2.86. The van der Waals surface area contributed by atoms with Gasteiger partial charge in [-0.1, -0.05) is 48.6 Å². The molecule has 0 saturated heterocycles. The summed E-state index contributed by atoms with van der Waals surface area (Å²) in [5, 5.41) is 4.91. The SMILES string of the molecule is Cc1ccc(NC(=O)C[S@](=O)CC(=O)N(c2ccc(Cl)c(C(F)(F)F)c2)[C@@H](C)C(=O)NC2CCCCC2)cc1. The Bertz CT molecular complexity index is 1220. The molecule has 3 rings (SSSR count). The number of carbonyl (C=O) groups excluding carboxylic acids is 3. The van der Waals surface area contributed by atoms with Gasteiger partial charge in [0.2, 0.25) is 17.7 Å². The highest BCUT2D eigenvalue weighted by Gasteiger charge is 2.36. The second-order valence-electron chi connectivity index (χ2n) is 9.59. The van der Waals surface area contributed by atoms with E-state index in [-0.39, 0.29) is 11.7 Å². The third-order valence-electron chi connectivity index (χ3n) is 6.43. The summed E-state index contributed by atoms with van der Waals surface area (Å²) in [5.74, 6) is -3.18. The molecule has 3 amide bonds. The zero-order chi connectivity index (χ0) is 28.7. The Morgan fingerprint density at radius 1 is 1.05 bits per heavy atom. The van der Waals surface area contributed by atoms with Crippen LogP contribution in [0.4, 0.5) is 24.5 Å². The highest BCUT2D eigenvalue weighted by molar-refractivity contribution is 7.86. The fraction of sp³-hybridized carbons (Fsp3) is 0.444. The number of nitrogens with one attached hydrogen (secondary N) is 2. The maximum absolute atomic E-state index is 13.6. The summed E-state index contributed by atoms with van der Waals surface area (Å²) >= 11 is 5.76. The summed E-state index contributed by atoms with van der Waals surface area (Å²) in [5.41, 5.74) is 0.0891. The highest BCUT2D eigenvalue weighted by Crippen LogP contribution is 2.37. The third-order valence-corrected chi connectivity index (χ3v) is 7.92. The molecule has 1 fully saturated rings. The first kappa shape index (κ1) is 30.6. The van der Waals surface area contributed by atoms with E-state index in [0.29, 0.717) is 11.8 Å².